The first-order valence-electron chi connectivity index (χ1n) is 8.87. The number of methoxy groups -OCH3 is 1. The molecule has 0 aliphatic carbocycles. The number of fused-ring (bicyclic) bond motifs is 1. The second-order valence-corrected chi connectivity index (χ2v) is 7.84. The molecule has 2 aromatic rings. The Hall–Kier alpha value is -2.93. The highest BCUT2D eigenvalue weighted by Gasteiger charge is 2.29. The fraction of sp³-hybridized carbons (Fsp3) is 0.286. The van der Waals surface area contributed by atoms with E-state index in [2.05, 4.69) is 5.32 Å². The zero-order valence-corrected chi connectivity index (χ0v) is 17.1. The van der Waals surface area contributed by atoms with Gasteiger partial charge in [0.2, 0.25) is 11.8 Å². The van der Waals surface area contributed by atoms with E-state index in [1.54, 1.807) is 11.1 Å². The highest BCUT2D eigenvalue weighted by Crippen LogP contribution is 2.35. The van der Waals surface area contributed by atoms with E-state index in [-0.39, 0.29) is 18.2 Å². The van der Waals surface area contributed by atoms with Crippen molar-refractivity contribution >= 4 is 40.2 Å². The number of benzene rings is 1. The normalized spacial score (nSPS) is 15.1. The van der Waals surface area contributed by atoms with Crippen molar-refractivity contribution in [2.45, 2.75) is 33.2 Å². The minimum atomic E-state index is -0.478. The summed E-state index contributed by atoms with van der Waals surface area (Å²) in [6, 6.07) is 7.29. The van der Waals surface area contributed by atoms with Gasteiger partial charge in [-0.2, -0.15) is 0 Å². The summed E-state index contributed by atoms with van der Waals surface area (Å²) in [6.07, 6.45) is 3.66. The summed E-state index contributed by atoms with van der Waals surface area (Å²) in [5.74, 6) is -0.886. The molecule has 2 heterocycles. The maximum Gasteiger partial charge on any atom is 0.341 e. The Labute approximate surface area is 167 Å². The van der Waals surface area contributed by atoms with Crippen LogP contribution in [0.3, 0.4) is 0 Å². The SMILES string of the molecule is COC(=O)c1c(NC(=O)C[C@@H]2c3ccccc3C=CN2C(C)=O)sc(C)c1C. The van der Waals surface area contributed by atoms with Crippen LogP contribution < -0.4 is 5.32 Å². The highest BCUT2D eigenvalue weighted by molar-refractivity contribution is 7.16. The minimum Gasteiger partial charge on any atom is -0.465 e. The number of anilines is 1. The van der Waals surface area contributed by atoms with Crippen LogP contribution in [0.1, 0.15) is 51.3 Å². The zero-order chi connectivity index (χ0) is 20.4. The van der Waals surface area contributed by atoms with Gasteiger partial charge in [-0.15, -0.1) is 11.3 Å². The van der Waals surface area contributed by atoms with Crippen molar-refractivity contribution < 1.29 is 19.1 Å². The first kappa shape index (κ1) is 19.8. The van der Waals surface area contributed by atoms with E-state index in [9.17, 15) is 14.4 Å². The van der Waals surface area contributed by atoms with Gasteiger partial charge in [-0.25, -0.2) is 4.79 Å². The lowest BCUT2D eigenvalue weighted by atomic mass is 9.93. The second kappa shape index (κ2) is 7.98. The molecule has 146 valence electrons. The molecule has 0 bridgehead atoms. The van der Waals surface area contributed by atoms with Crippen molar-refractivity contribution in [3.8, 4) is 0 Å². The Bertz CT molecular complexity index is 977. The number of thiophene rings is 1. The lowest BCUT2D eigenvalue weighted by molar-refractivity contribution is -0.129. The number of carbonyl (C=O) groups is 3. The number of rotatable bonds is 4. The van der Waals surface area contributed by atoms with Crippen LogP contribution in [0.25, 0.3) is 6.08 Å². The van der Waals surface area contributed by atoms with Crippen LogP contribution in [0.15, 0.2) is 30.5 Å². The molecule has 3 rings (SSSR count). The molecule has 0 saturated heterocycles. The molecule has 1 N–H and O–H groups in total. The molecule has 1 aliphatic heterocycles. The fourth-order valence-electron chi connectivity index (χ4n) is 3.33. The van der Waals surface area contributed by atoms with E-state index in [0.717, 1.165) is 21.6 Å². The molecule has 0 saturated carbocycles. The number of aryl methyl sites for hydroxylation is 1. The molecule has 0 fully saturated rings. The number of esters is 1. The largest absolute Gasteiger partial charge is 0.465 e. The number of carbonyl (C=O) groups excluding carboxylic acids is 3. The third kappa shape index (κ3) is 3.71. The lowest BCUT2D eigenvalue weighted by Gasteiger charge is -2.32. The summed E-state index contributed by atoms with van der Waals surface area (Å²) in [4.78, 5) is 39.5. The van der Waals surface area contributed by atoms with E-state index < -0.39 is 12.0 Å². The number of hydrogen-bond acceptors (Lipinski definition) is 5. The Morgan fingerprint density at radius 2 is 1.93 bits per heavy atom. The second-order valence-electron chi connectivity index (χ2n) is 6.62. The number of nitrogens with one attached hydrogen (secondary N) is 1. The smallest absolute Gasteiger partial charge is 0.341 e. The number of ether oxygens (including phenoxy) is 1. The number of nitrogens with zero attached hydrogens (tertiary/aromatic N) is 1. The van der Waals surface area contributed by atoms with Crippen LogP contribution in [-0.4, -0.2) is 29.8 Å². The Morgan fingerprint density at radius 3 is 2.61 bits per heavy atom. The molecule has 6 nitrogen and oxygen atoms in total. The lowest BCUT2D eigenvalue weighted by Crippen LogP contribution is -2.33. The zero-order valence-electron chi connectivity index (χ0n) is 16.2. The average molecular weight is 398 g/mol. The first-order chi connectivity index (χ1) is 13.3. The maximum absolute atomic E-state index is 12.8. The summed E-state index contributed by atoms with van der Waals surface area (Å²) in [5.41, 5.74) is 3.08. The van der Waals surface area contributed by atoms with Gasteiger partial charge in [0.15, 0.2) is 0 Å². The van der Waals surface area contributed by atoms with Crippen molar-refractivity contribution in [2.75, 3.05) is 12.4 Å². The minimum absolute atomic E-state index is 0.0809. The third-order valence-corrected chi connectivity index (χ3v) is 6.00. The molecule has 0 unspecified atom stereocenters. The van der Waals surface area contributed by atoms with Gasteiger partial charge < -0.3 is 15.0 Å². The monoisotopic (exact) mass is 398 g/mol. The van der Waals surface area contributed by atoms with Gasteiger partial charge in [-0.1, -0.05) is 24.3 Å². The average Bonchev–Trinajstić information content (AvgIpc) is 2.94. The summed E-state index contributed by atoms with van der Waals surface area (Å²) in [6.45, 7) is 5.19. The molecule has 1 atom stereocenters. The molecule has 2 amide bonds. The van der Waals surface area contributed by atoms with Crippen LogP contribution in [0.2, 0.25) is 0 Å². The predicted molar refractivity (Wildman–Crippen MR) is 109 cm³/mol. The molecule has 7 heteroatoms. The summed E-state index contributed by atoms with van der Waals surface area (Å²) >= 11 is 1.34. The standard InChI is InChI=1S/C21H22N2O4S/c1-12-13(2)28-20(19(12)21(26)27-4)22-18(25)11-17-16-8-6-5-7-15(16)9-10-23(17)14(3)24/h5-10,17H,11H2,1-4H3,(H,22,25)/t17-/m1/s1. The Kier molecular flexibility index (Phi) is 5.65. The molecule has 0 radical (unpaired) electrons. The van der Waals surface area contributed by atoms with Crippen molar-refractivity contribution in [3.63, 3.8) is 0 Å². The van der Waals surface area contributed by atoms with Gasteiger partial charge in [0.25, 0.3) is 0 Å². The molecule has 0 spiro atoms. The fourth-order valence-corrected chi connectivity index (χ4v) is 4.39. The Balaban J connectivity index is 1.87. The van der Waals surface area contributed by atoms with Crippen LogP contribution in [0.4, 0.5) is 5.00 Å². The predicted octanol–water partition coefficient (Wildman–Crippen LogP) is 4.05. The van der Waals surface area contributed by atoms with Crippen LogP contribution in [0.5, 0.6) is 0 Å². The van der Waals surface area contributed by atoms with E-state index >= 15 is 0 Å². The third-order valence-electron chi connectivity index (χ3n) is 4.88. The van der Waals surface area contributed by atoms with Crippen LogP contribution >= 0.6 is 11.3 Å². The van der Waals surface area contributed by atoms with Gasteiger partial charge in [-0.05, 0) is 36.6 Å². The molecule has 1 aromatic heterocycles. The van der Waals surface area contributed by atoms with Crippen LogP contribution in [0, 0.1) is 13.8 Å². The van der Waals surface area contributed by atoms with Crippen molar-refractivity contribution in [3.05, 3.63) is 57.6 Å². The first-order valence-corrected chi connectivity index (χ1v) is 9.69. The highest BCUT2D eigenvalue weighted by atomic mass is 32.1. The van der Waals surface area contributed by atoms with E-state index in [1.807, 2.05) is 44.2 Å². The van der Waals surface area contributed by atoms with Gasteiger partial charge in [0.05, 0.1) is 25.1 Å². The van der Waals surface area contributed by atoms with Gasteiger partial charge in [-0.3, -0.25) is 9.59 Å². The topological polar surface area (TPSA) is 75.7 Å². The van der Waals surface area contributed by atoms with E-state index in [1.165, 1.54) is 25.4 Å². The van der Waals surface area contributed by atoms with Crippen LogP contribution in [-0.2, 0) is 14.3 Å². The number of amides is 2. The van der Waals surface area contributed by atoms with Gasteiger partial charge in [0.1, 0.15) is 5.00 Å². The molecule has 1 aliphatic rings. The summed E-state index contributed by atoms with van der Waals surface area (Å²) in [5, 5.41) is 3.31. The maximum atomic E-state index is 12.8. The summed E-state index contributed by atoms with van der Waals surface area (Å²) in [7, 11) is 1.32. The number of hydrogen-bond donors (Lipinski definition) is 1. The van der Waals surface area contributed by atoms with E-state index in [0.29, 0.717) is 10.6 Å². The van der Waals surface area contributed by atoms with Gasteiger partial charge >= 0.3 is 5.97 Å². The molecular weight excluding hydrogens is 376 g/mol. The molecule has 28 heavy (non-hydrogen) atoms. The Morgan fingerprint density at radius 1 is 1.21 bits per heavy atom. The quantitative estimate of drug-likeness (QED) is 0.788. The molecule has 1 aromatic carbocycles. The summed E-state index contributed by atoms with van der Waals surface area (Å²) < 4.78 is 4.85. The van der Waals surface area contributed by atoms with Gasteiger partial charge in [0, 0.05) is 18.0 Å². The van der Waals surface area contributed by atoms with Crippen molar-refractivity contribution in [1.29, 1.82) is 0 Å². The molecular formula is C21H22N2O4S. The van der Waals surface area contributed by atoms with Crippen molar-refractivity contribution in [2.24, 2.45) is 0 Å². The van der Waals surface area contributed by atoms with Crippen molar-refractivity contribution in [1.82, 2.24) is 4.90 Å². The van der Waals surface area contributed by atoms with E-state index in [4.69, 9.17) is 4.74 Å².